The van der Waals surface area contributed by atoms with E-state index in [1.165, 1.54) is 35.3 Å². The van der Waals surface area contributed by atoms with Gasteiger partial charge in [-0.05, 0) is 50.2 Å². The maximum Gasteiger partial charge on any atom is 0.243 e. The molecule has 2 aromatic rings. The molecule has 140 valence electrons. The minimum absolute atomic E-state index is 0.00499. The number of rotatable bonds is 4. The number of hydrogen-bond acceptors (Lipinski definition) is 4. The molecule has 1 fully saturated rings. The molecule has 2 aliphatic heterocycles. The van der Waals surface area contributed by atoms with E-state index in [1.807, 2.05) is 10.7 Å². The van der Waals surface area contributed by atoms with Gasteiger partial charge in [-0.3, -0.25) is 4.68 Å². The van der Waals surface area contributed by atoms with Crippen LogP contribution in [0.15, 0.2) is 41.4 Å². The van der Waals surface area contributed by atoms with Crippen LogP contribution in [-0.2, 0) is 23.1 Å². The van der Waals surface area contributed by atoms with E-state index in [4.69, 9.17) is 0 Å². The highest BCUT2D eigenvalue weighted by Gasteiger charge is 2.32. The van der Waals surface area contributed by atoms with Gasteiger partial charge in [0.2, 0.25) is 10.0 Å². The Kier molecular flexibility index (Phi) is 4.81. The van der Waals surface area contributed by atoms with Crippen LogP contribution in [0.4, 0.5) is 4.39 Å². The van der Waals surface area contributed by atoms with Gasteiger partial charge in [-0.25, -0.2) is 12.8 Å². The number of sulfonamides is 1. The molecule has 0 bridgehead atoms. The Bertz CT molecular complexity index is 877. The summed E-state index contributed by atoms with van der Waals surface area (Å²) in [6.07, 6.45) is 4.11. The average Bonchev–Trinajstić information content (AvgIpc) is 3.23. The highest BCUT2D eigenvalue weighted by molar-refractivity contribution is 7.89. The van der Waals surface area contributed by atoms with Gasteiger partial charge in [0.05, 0.1) is 17.1 Å². The normalized spacial score (nSPS) is 22.3. The van der Waals surface area contributed by atoms with Crippen LogP contribution in [0.1, 0.15) is 18.5 Å². The Morgan fingerprint density at radius 2 is 1.96 bits per heavy atom. The Morgan fingerprint density at radius 1 is 1.15 bits per heavy atom. The van der Waals surface area contributed by atoms with E-state index in [9.17, 15) is 12.8 Å². The first-order chi connectivity index (χ1) is 12.5. The summed E-state index contributed by atoms with van der Waals surface area (Å²) in [5, 5.41) is 4.36. The summed E-state index contributed by atoms with van der Waals surface area (Å²) in [7, 11) is -3.76. The molecule has 1 aromatic heterocycles. The van der Waals surface area contributed by atoms with Gasteiger partial charge in [0.1, 0.15) is 5.82 Å². The van der Waals surface area contributed by atoms with Crippen LogP contribution in [0, 0.1) is 11.7 Å². The SMILES string of the molecule is O=S(=O)(c1cccc(F)c1)N1Cc2ccnn2C[C@@H](CN2CCCC2)C1. The average molecular weight is 378 g/mol. The second kappa shape index (κ2) is 7.09. The van der Waals surface area contributed by atoms with E-state index in [-0.39, 0.29) is 17.4 Å². The van der Waals surface area contributed by atoms with Crippen LogP contribution in [0.25, 0.3) is 0 Å². The van der Waals surface area contributed by atoms with E-state index in [2.05, 4.69) is 10.00 Å². The quantitative estimate of drug-likeness (QED) is 0.816. The molecule has 2 aliphatic rings. The Hall–Kier alpha value is -1.77. The summed E-state index contributed by atoms with van der Waals surface area (Å²) >= 11 is 0. The Morgan fingerprint density at radius 3 is 2.73 bits per heavy atom. The zero-order valence-corrected chi connectivity index (χ0v) is 15.4. The monoisotopic (exact) mass is 378 g/mol. The molecular weight excluding hydrogens is 355 g/mol. The number of likely N-dealkylation sites (tertiary alicyclic amines) is 1. The zero-order chi connectivity index (χ0) is 18.1. The van der Waals surface area contributed by atoms with Crippen molar-refractivity contribution in [3.63, 3.8) is 0 Å². The highest BCUT2D eigenvalue weighted by atomic mass is 32.2. The predicted octanol–water partition coefficient (Wildman–Crippen LogP) is 1.94. The summed E-state index contributed by atoms with van der Waals surface area (Å²) in [6, 6.07) is 7.09. The van der Waals surface area contributed by atoms with Gasteiger partial charge in [-0.2, -0.15) is 9.40 Å². The number of halogens is 1. The number of benzene rings is 1. The van der Waals surface area contributed by atoms with Gasteiger partial charge in [0.25, 0.3) is 0 Å². The summed E-state index contributed by atoms with van der Waals surface area (Å²) in [5.74, 6) is -0.392. The molecule has 0 spiro atoms. The third-order valence-corrected chi connectivity index (χ3v) is 6.99. The molecular formula is C18H23FN4O2S. The molecule has 6 nitrogen and oxygen atoms in total. The van der Waals surface area contributed by atoms with Gasteiger partial charge in [0, 0.05) is 31.7 Å². The Labute approximate surface area is 153 Å². The van der Waals surface area contributed by atoms with Gasteiger partial charge in [0.15, 0.2) is 0 Å². The maximum absolute atomic E-state index is 13.6. The number of aromatic nitrogens is 2. The van der Waals surface area contributed by atoms with Crippen LogP contribution in [0.5, 0.6) is 0 Å². The summed E-state index contributed by atoms with van der Waals surface area (Å²) in [5.41, 5.74) is 0.869. The van der Waals surface area contributed by atoms with Crippen LogP contribution < -0.4 is 0 Å². The first kappa shape index (κ1) is 17.6. The number of nitrogens with zero attached hydrogens (tertiary/aromatic N) is 4. The minimum Gasteiger partial charge on any atom is -0.303 e. The lowest BCUT2D eigenvalue weighted by Crippen LogP contribution is -2.38. The van der Waals surface area contributed by atoms with Crippen LogP contribution in [-0.4, -0.2) is 53.6 Å². The standard InChI is InChI=1S/C18H23FN4O2S/c19-16-4-3-5-18(10-16)26(24,25)22-12-15(11-21-8-1-2-9-21)13-23-17(14-22)6-7-20-23/h3-7,10,15H,1-2,8-9,11-14H2/t15-/m0/s1. The third kappa shape index (κ3) is 3.54. The molecule has 0 saturated carbocycles. The van der Waals surface area contributed by atoms with Crippen molar-refractivity contribution in [1.29, 1.82) is 0 Å². The van der Waals surface area contributed by atoms with Crippen molar-refractivity contribution in [2.45, 2.75) is 30.8 Å². The molecule has 1 aromatic carbocycles. The fourth-order valence-electron chi connectivity index (χ4n) is 3.90. The lowest BCUT2D eigenvalue weighted by molar-refractivity contribution is 0.233. The van der Waals surface area contributed by atoms with Crippen molar-refractivity contribution >= 4 is 10.0 Å². The molecule has 3 heterocycles. The molecule has 0 aliphatic carbocycles. The van der Waals surface area contributed by atoms with Crippen LogP contribution >= 0.6 is 0 Å². The molecule has 1 saturated heterocycles. The second-order valence-corrected chi connectivity index (χ2v) is 9.07. The van der Waals surface area contributed by atoms with E-state index in [0.717, 1.165) is 31.4 Å². The van der Waals surface area contributed by atoms with Crippen LogP contribution in [0.2, 0.25) is 0 Å². The fraction of sp³-hybridized carbons (Fsp3) is 0.500. The smallest absolute Gasteiger partial charge is 0.243 e. The molecule has 0 unspecified atom stereocenters. The van der Waals surface area contributed by atoms with E-state index in [1.54, 1.807) is 6.20 Å². The minimum atomic E-state index is -3.76. The topological polar surface area (TPSA) is 58.4 Å². The first-order valence-electron chi connectivity index (χ1n) is 9.01. The van der Waals surface area contributed by atoms with E-state index in [0.29, 0.717) is 13.1 Å². The van der Waals surface area contributed by atoms with E-state index < -0.39 is 15.8 Å². The van der Waals surface area contributed by atoms with Gasteiger partial charge >= 0.3 is 0 Å². The van der Waals surface area contributed by atoms with Crippen molar-refractivity contribution in [3.8, 4) is 0 Å². The van der Waals surface area contributed by atoms with E-state index >= 15 is 0 Å². The highest BCUT2D eigenvalue weighted by Crippen LogP contribution is 2.25. The number of fused-ring (bicyclic) bond motifs is 1. The van der Waals surface area contributed by atoms with Gasteiger partial charge < -0.3 is 4.90 Å². The molecule has 1 atom stereocenters. The van der Waals surface area contributed by atoms with Crippen molar-refractivity contribution in [2.75, 3.05) is 26.2 Å². The third-order valence-electron chi connectivity index (χ3n) is 5.18. The van der Waals surface area contributed by atoms with Crippen molar-refractivity contribution in [2.24, 2.45) is 5.92 Å². The van der Waals surface area contributed by atoms with Crippen molar-refractivity contribution < 1.29 is 12.8 Å². The largest absolute Gasteiger partial charge is 0.303 e. The van der Waals surface area contributed by atoms with Crippen molar-refractivity contribution in [1.82, 2.24) is 19.0 Å². The second-order valence-electron chi connectivity index (χ2n) is 7.13. The zero-order valence-electron chi connectivity index (χ0n) is 14.6. The first-order valence-corrected chi connectivity index (χ1v) is 10.4. The lowest BCUT2D eigenvalue weighted by Gasteiger charge is -2.26. The number of hydrogen-bond donors (Lipinski definition) is 0. The molecule has 0 amide bonds. The Balaban J connectivity index is 1.63. The summed E-state index contributed by atoms with van der Waals surface area (Å²) in [4.78, 5) is 2.40. The molecule has 4 rings (SSSR count). The molecule has 8 heteroatoms. The predicted molar refractivity (Wildman–Crippen MR) is 95.4 cm³/mol. The molecule has 26 heavy (non-hydrogen) atoms. The lowest BCUT2D eigenvalue weighted by atomic mass is 10.1. The summed E-state index contributed by atoms with van der Waals surface area (Å²) < 4.78 is 43.2. The van der Waals surface area contributed by atoms with Crippen LogP contribution in [0.3, 0.4) is 0 Å². The fourth-order valence-corrected chi connectivity index (χ4v) is 5.42. The maximum atomic E-state index is 13.6. The van der Waals surface area contributed by atoms with Gasteiger partial charge in [-0.1, -0.05) is 6.07 Å². The molecule has 0 N–H and O–H groups in total. The summed E-state index contributed by atoms with van der Waals surface area (Å²) in [6.45, 7) is 4.37. The van der Waals surface area contributed by atoms with Crippen molar-refractivity contribution in [3.05, 3.63) is 48.0 Å². The molecule has 0 radical (unpaired) electrons. The van der Waals surface area contributed by atoms with Gasteiger partial charge in [-0.15, -0.1) is 0 Å².